The average molecular weight is 233 g/mol. The van der Waals surface area contributed by atoms with Gasteiger partial charge in [0.1, 0.15) is 22.7 Å². The molecule has 1 aromatic rings. The van der Waals surface area contributed by atoms with Crippen molar-refractivity contribution in [1.82, 2.24) is 4.98 Å². The van der Waals surface area contributed by atoms with E-state index in [1.807, 2.05) is 12.1 Å². The first-order valence-corrected chi connectivity index (χ1v) is 5.69. The fourth-order valence-electron chi connectivity index (χ4n) is 1.26. The first-order chi connectivity index (χ1) is 7.65. The summed E-state index contributed by atoms with van der Waals surface area (Å²) >= 11 is 1.29. The largest absolute Gasteiger partial charge is 0.396 e. The molecule has 82 valence electrons. The predicted molar refractivity (Wildman–Crippen MR) is 61.0 cm³/mol. The summed E-state index contributed by atoms with van der Waals surface area (Å²) in [6, 6.07) is 4.04. The van der Waals surface area contributed by atoms with Crippen LogP contribution in [0.15, 0.2) is 5.03 Å². The zero-order chi connectivity index (χ0) is 12.1. The molecule has 0 amide bonds. The van der Waals surface area contributed by atoms with Crippen LogP contribution >= 0.6 is 11.8 Å². The van der Waals surface area contributed by atoms with Crippen molar-refractivity contribution in [3.8, 4) is 12.1 Å². The van der Waals surface area contributed by atoms with Crippen LogP contribution in [0, 0.1) is 36.5 Å². The van der Waals surface area contributed by atoms with E-state index in [0.717, 1.165) is 11.3 Å². The molecular formula is C11H11N3OS. The molecular weight excluding hydrogens is 222 g/mol. The Hall–Kier alpha value is -1.56. The van der Waals surface area contributed by atoms with Crippen molar-refractivity contribution in [3.63, 3.8) is 0 Å². The van der Waals surface area contributed by atoms with E-state index < -0.39 is 0 Å². The highest BCUT2D eigenvalue weighted by molar-refractivity contribution is 7.99. The van der Waals surface area contributed by atoms with Crippen LogP contribution < -0.4 is 0 Å². The molecule has 1 aromatic heterocycles. The lowest BCUT2D eigenvalue weighted by Gasteiger charge is -2.08. The van der Waals surface area contributed by atoms with Gasteiger partial charge in [0.15, 0.2) is 0 Å². The molecule has 0 unspecified atom stereocenters. The van der Waals surface area contributed by atoms with Crippen LogP contribution in [0.1, 0.15) is 22.4 Å². The SMILES string of the molecule is Cc1nc(SCCO)c(C#N)c(C#N)c1C. The summed E-state index contributed by atoms with van der Waals surface area (Å²) < 4.78 is 0. The molecule has 0 saturated carbocycles. The van der Waals surface area contributed by atoms with E-state index in [0.29, 0.717) is 21.9 Å². The molecule has 4 nitrogen and oxygen atoms in total. The Morgan fingerprint density at radius 3 is 2.38 bits per heavy atom. The van der Waals surface area contributed by atoms with Gasteiger partial charge in [0.05, 0.1) is 12.2 Å². The zero-order valence-electron chi connectivity index (χ0n) is 9.11. The van der Waals surface area contributed by atoms with Gasteiger partial charge in [0, 0.05) is 11.4 Å². The summed E-state index contributed by atoms with van der Waals surface area (Å²) in [7, 11) is 0. The lowest BCUT2D eigenvalue weighted by molar-refractivity contribution is 0.322. The number of pyridine rings is 1. The number of aromatic nitrogens is 1. The molecule has 16 heavy (non-hydrogen) atoms. The molecule has 0 aromatic carbocycles. The van der Waals surface area contributed by atoms with Gasteiger partial charge in [-0.25, -0.2) is 4.98 Å². The van der Waals surface area contributed by atoms with E-state index in [2.05, 4.69) is 4.98 Å². The molecule has 0 aliphatic rings. The van der Waals surface area contributed by atoms with E-state index in [4.69, 9.17) is 15.6 Å². The Morgan fingerprint density at radius 2 is 1.88 bits per heavy atom. The second-order valence-corrected chi connectivity index (χ2v) is 4.26. The number of aliphatic hydroxyl groups is 1. The lowest BCUT2D eigenvalue weighted by Crippen LogP contribution is -2.01. The Kier molecular flexibility index (Phi) is 4.30. The Morgan fingerprint density at radius 1 is 1.25 bits per heavy atom. The summed E-state index contributed by atoms with van der Waals surface area (Å²) in [6.07, 6.45) is 0. The van der Waals surface area contributed by atoms with Crippen molar-refractivity contribution in [3.05, 3.63) is 22.4 Å². The molecule has 0 fully saturated rings. The average Bonchev–Trinajstić information content (AvgIpc) is 2.29. The Balaban J connectivity index is 3.35. The van der Waals surface area contributed by atoms with Crippen molar-refractivity contribution >= 4 is 11.8 Å². The summed E-state index contributed by atoms with van der Waals surface area (Å²) in [4.78, 5) is 4.27. The van der Waals surface area contributed by atoms with Gasteiger partial charge in [-0.1, -0.05) is 0 Å². The fraction of sp³-hybridized carbons (Fsp3) is 0.364. The van der Waals surface area contributed by atoms with Crippen LogP contribution in [-0.4, -0.2) is 22.5 Å². The molecule has 1 heterocycles. The quantitative estimate of drug-likeness (QED) is 0.801. The Bertz CT molecular complexity index is 485. The molecule has 0 saturated heterocycles. The van der Waals surface area contributed by atoms with Crippen LogP contribution in [0.25, 0.3) is 0 Å². The summed E-state index contributed by atoms with van der Waals surface area (Å²) in [5.74, 6) is 0.467. The van der Waals surface area contributed by atoms with Gasteiger partial charge in [0.2, 0.25) is 0 Å². The van der Waals surface area contributed by atoms with Crippen molar-refractivity contribution in [2.24, 2.45) is 0 Å². The highest BCUT2D eigenvalue weighted by atomic mass is 32.2. The molecule has 0 spiro atoms. The minimum atomic E-state index is 0.0199. The molecule has 0 bridgehead atoms. The molecule has 0 atom stereocenters. The van der Waals surface area contributed by atoms with Crippen molar-refractivity contribution in [2.45, 2.75) is 18.9 Å². The number of nitrogens with zero attached hydrogens (tertiary/aromatic N) is 3. The minimum absolute atomic E-state index is 0.0199. The van der Waals surface area contributed by atoms with Crippen LogP contribution in [0.3, 0.4) is 0 Å². The number of thioether (sulfide) groups is 1. The maximum absolute atomic E-state index is 9.03. The van der Waals surface area contributed by atoms with E-state index >= 15 is 0 Å². The van der Waals surface area contributed by atoms with Crippen molar-refractivity contribution in [2.75, 3.05) is 12.4 Å². The highest BCUT2D eigenvalue weighted by Gasteiger charge is 2.15. The number of rotatable bonds is 3. The van der Waals surface area contributed by atoms with E-state index in [1.165, 1.54) is 11.8 Å². The number of aryl methyl sites for hydroxylation is 1. The van der Waals surface area contributed by atoms with Gasteiger partial charge in [-0.2, -0.15) is 10.5 Å². The van der Waals surface area contributed by atoms with E-state index in [1.54, 1.807) is 13.8 Å². The molecule has 0 aliphatic heterocycles. The zero-order valence-corrected chi connectivity index (χ0v) is 9.93. The third-order valence-electron chi connectivity index (χ3n) is 2.20. The second kappa shape index (κ2) is 5.50. The van der Waals surface area contributed by atoms with Gasteiger partial charge < -0.3 is 5.11 Å². The van der Waals surface area contributed by atoms with Crippen molar-refractivity contribution in [1.29, 1.82) is 10.5 Å². The van der Waals surface area contributed by atoms with Gasteiger partial charge in [0.25, 0.3) is 0 Å². The Labute approximate surface area is 98.5 Å². The molecule has 1 rings (SSSR count). The fourth-order valence-corrected chi connectivity index (χ4v) is 2.04. The summed E-state index contributed by atoms with van der Waals surface area (Å²) in [6.45, 7) is 3.61. The maximum Gasteiger partial charge on any atom is 0.116 e. The van der Waals surface area contributed by atoms with Gasteiger partial charge in [-0.15, -0.1) is 11.8 Å². The predicted octanol–water partition coefficient (Wildman–Crippen LogP) is 1.53. The lowest BCUT2D eigenvalue weighted by atomic mass is 10.0. The topological polar surface area (TPSA) is 80.7 Å². The molecule has 5 heteroatoms. The third kappa shape index (κ3) is 2.33. The van der Waals surface area contributed by atoms with Gasteiger partial charge in [-0.05, 0) is 19.4 Å². The smallest absolute Gasteiger partial charge is 0.116 e. The monoisotopic (exact) mass is 233 g/mol. The number of hydrogen-bond donors (Lipinski definition) is 1. The highest BCUT2D eigenvalue weighted by Crippen LogP contribution is 2.26. The second-order valence-electron chi connectivity index (χ2n) is 3.17. The van der Waals surface area contributed by atoms with Gasteiger partial charge >= 0.3 is 0 Å². The van der Waals surface area contributed by atoms with Gasteiger partial charge in [-0.3, -0.25) is 0 Å². The normalized spacial score (nSPS) is 9.56. The summed E-state index contributed by atoms with van der Waals surface area (Å²) in [5.41, 5.74) is 2.18. The number of hydrogen-bond acceptors (Lipinski definition) is 5. The summed E-state index contributed by atoms with van der Waals surface area (Å²) in [5, 5.41) is 27.3. The third-order valence-corrected chi connectivity index (χ3v) is 3.16. The van der Waals surface area contributed by atoms with Crippen molar-refractivity contribution < 1.29 is 5.11 Å². The number of nitriles is 2. The minimum Gasteiger partial charge on any atom is -0.396 e. The van der Waals surface area contributed by atoms with Crippen LogP contribution in [0.4, 0.5) is 0 Å². The van der Waals surface area contributed by atoms with Crippen LogP contribution in [-0.2, 0) is 0 Å². The van der Waals surface area contributed by atoms with E-state index in [9.17, 15) is 0 Å². The van der Waals surface area contributed by atoms with Crippen LogP contribution in [0.2, 0.25) is 0 Å². The first-order valence-electron chi connectivity index (χ1n) is 4.70. The molecule has 1 N–H and O–H groups in total. The standard InChI is InChI=1S/C11H11N3OS/c1-7-8(2)14-11(16-4-3-15)10(6-13)9(7)5-12/h15H,3-4H2,1-2H3. The number of aliphatic hydroxyl groups excluding tert-OH is 1. The molecule has 0 radical (unpaired) electrons. The van der Waals surface area contributed by atoms with E-state index in [-0.39, 0.29) is 6.61 Å². The first kappa shape index (κ1) is 12.5. The maximum atomic E-state index is 9.03. The van der Waals surface area contributed by atoms with Crippen LogP contribution in [0.5, 0.6) is 0 Å². The molecule has 0 aliphatic carbocycles.